The molecule has 7 nitrogen and oxygen atoms in total. The average Bonchev–Trinajstić information content (AvgIpc) is 3.33. The van der Waals surface area contributed by atoms with Crippen molar-refractivity contribution in [2.45, 2.75) is 30.9 Å². The number of morpholine rings is 1. The first-order chi connectivity index (χ1) is 17.1. The van der Waals surface area contributed by atoms with Gasteiger partial charge in [0.05, 0.1) is 24.2 Å². The molecule has 2 N–H and O–H groups in total. The van der Waals surface area contributed by atoms with E-state index in [1.54, 1.807) is 0 Å². The van der Waals surface area contributed by atoms with Crippen LogP contribution in [-0.4, -0.2) is 45.9 Å². The first-order valence-electron chi connectivity index (χ1n) is 12.0. The van der Waals surface area contributed by atoms with Crippen LogP contribution in [0.2, 0.25) is 0 Å². The Kier molecular flexibility index (Phi) is 7.22. The summed E-state index contributed by atoms with van der Waals surface area (Å²) in [6, 6.07) is 22.3. The van der Waals surface area contributed by atoms with Crippen LogP contribution in [-0.2, 0) is 22.1 Å². The molecule has 35 heavy (non-hydrogen) atoms. The Balaban J connectivity index is 1.52. The van der Waals surface area contributed by atoms with Crippen LogP contribution in [0.15, 0.2) is 71.3 Å². The van der Waals surface area contributed by atoms with Gasteiger partial charge in [0.1, 0.15) is 11.5 Å². The number of hydrogen-bond donors (Lipinski definition) is 1. The Hall–Kier alpha value is -3.07. The summed E-state index contributed by atoms with van der Waals surface area (Å²) in [6.07, 6.45) is 1.37. The molecule has 0 radical (unpaired) electrons. The molecule has 0 bridgehead atoms. The zero-order valence-corrected chi connectivity index (χ0v) is 20.6. The van der Waals surface area contributed by atoms with Gasteiger partial charge >= 0.3 is 0 Å². The molecule has 1 saturated heterocycles. The molecular formula is C27H30N4O3S. The smallest absolute Gasteiger partial charge is 0.167 e. The van der Waals surface area contributed by atoms with Crippen molar-refractivity contribution in [2.24, 2.45) is 5.14 Å². The van der Waals surface area contributed by atoms with E-state index in [-0.39, 0.29) is 11.2 Å². The third kappa shape index (κ3) is 5.29. The van der Waals surface area contributed by atoms with Crippen molar-refractivity contribution in [3.8, 4) is 11.3 Å². The molecule has 1 aliphatic heterocycles. The van der Waals surface area contributed by atoms with E-state index in [0.717, 1.165) is 52.4 Å². The Labute approximate surface area is 207 Å². The number of aromatic nitrogens is 2. The van der Waals surface area contributed by atoms with E-state index in [9.17, 15) is 4.21 Å². The van der Waals surface area contributed by atoms with Gasteiger partial charge in [-0.1, -0.05) is 47.6 Å². The number of hydrogen-bond acceptors (Lipinski definition) is 6. The standard InChI is InChI=1S/C27H30N4O3S/c1-19(35(28)32)17-20(18-21-7-6-12-26(29-21)31-13-15-33-16-14-31)22-8-2-3-9-23(22)27-24-10-4-5-11-25(24)34-30-27/h2-12,19-20H,13-18,28H2,1H3/t19?,20-,35?/m1/s1. The number of rotatable bonds is 8. The third-order valence-electron chi connectivity index (χ3n) is 6.63. The number of benzene rings is 2. The zero-order valence-electron chi connectivity index (χ0n) is 19.8. The molecule has 1 aliphatic rings. The van der Waals surface area contributed by atoms with Gasteiger partial charge in [-0.2, -0.15) is 0 Å². The van der Waals surface area contributed by atoms with Crippen molar-refractivity contribution in [2.75, 3.05) is 31.2 Å². The number of pyridine rings is 1. The van der Waals surface area contributed by atoms with E-state index in [1.807, 2.05) is 43.3 Å². The van der Waals surface area contributed by atoms with Gasteiger partial charge in [-0.25, -0.2) is 9.19 Å². The van der Waals surface area contributed by atoms with Crippen LogP contribution in [0.5, 0.6) is 0 Å². The normalized spacial score (nSPS) is 16.8. The van der Waals surface area contributed by atoms with Crippen LogP contribution < -0.4 is 10.0 Å². The molecule has 0 amide bonds. The number of para-hydroxylation sites is 1. The SMILES string of the molecule is CC(C[C@H](Cc1cccc(N2CCOCC2)n1)c1ccccc1-c1noc2ccccc12)S(N)=O. The fourth-order valence-electron chi connectivity index (χ4n) is 4.77. The van der Waals surface area contributed by atoms with Gasteiger partial charge in [0.15, 0.2) is 5.58 Å². The molecule has 2 aromatic heterocycles. The van der Waals surface area contributed by atoms with Crippen molar-refractivity contribution >= 4 is 27.8 Å². The molecule has 182 valence electrons. The quantitative estimate of drug-likeness (QED) is 0.392. The lowest BCUT2D eigenvalue weighted by molar-refractivity contribution is 0.122. The van der Waals surface area contributed by atoms with Gasteiger partial charge in [0, 0.05) is 35.0 Å². The Morgan fingerprint density at radius 2 is 1.80 bits per heavy atom. The number of nitrogens with two attached hydrogens (primary N) is 1. The van der Waals surface area contributed by atoms with Crippen molar-refractivity contribution in [1.82, 2.24) is 10.1 Å². The van der Waals surface area contributed by atoms with E-state index in [2.05, 4.69) is 40.4 Å². The van der Waals surface area contributed by atoms with Gasteiger partial charge in [0.2, 0.25) is 0 Å². The maximum absolute atomic E-state index is 12.1. The molecule has 5 rings (SSSR count). The lowest BCUT2D eigenvalue weighted by atomic mass is 9.85. The molecule has 3 atom stereocenters. The Morgan fingerprint density at radius 1 is 1.03 bits per heavy atom. The summed E-state index contributed by atoms with van der Waals surface area (Å²) >= 11 is 0. The molecule has 8 heteroatoms. The predicted octanol–water partition coefficient (Wildman–Crippen LogP) is 4.45. The molecular weight excluding hydrogens is 460 g/mol. The second-order valence-corrected chi connectivity index (χ2v) is 10.4. The van der Waals surface area contributed by atoms with Gasteiger partial charge in [0.25, 0.3) is 0 Å². The predicted molar refractivity (Wildman–Crippen MR) is 140 cm³/mol. The highest BCUT2D eigenvalue weighted by Gasteiger charge is 2.24. The highest BCUT2D eigenvalue weighted by molar-refractivity contribution is 7.83. The van der Waals surface area contributed by atoms with Crippen LogP contribution in [0.4, 0.5) is 5.82 Å². The first-order valence-corrected chi connectivity index (χ1v) is 13.2. The van der Waals surface area contributed by atoms with Crippen LogP contribution in [0.3, 0.4) is 0 Å². The van der Waals surface area contributed by atoms with Crippen LogP contribution >= 0.6 is 0 Å². The van der Waals surface area contributed by atoms with Crippen LogP contribution in [0, 0.1) is 0 Å². The lowest BCUT2D eigenvalue weighted by Gasteiger charge is -2.28. The molecule has 0 spiro atoms. The summed E-state index contributed by atoms with van der Waals surface area (Å²) in [5, 5.41) is 11.0. The van der Waals surface area contributed by atoms with E-state index in [1.165, 1.54) is 0 Å². The van der Waals surface area contributed by atoms with E-state index in [4.69, 9.17) is 19.4 Å². The van der Waals surface area contributed by atoms with Crippen molar-refractivity contribution < 1.29 is 13.5 Å². The van der Waals surface area contributed by atoms with Gasteiger partial charge in [-0.3, -0.25) is 5.14 Å². The minimum Gasteiger partial charge on any atom is -0.378 e. The number of fused-ring (bicyclic) bond motifs is 1. The minimum absolute atomic E-state index is 0.0524. The zero-order chi connectivity index (χ0) is 24.2. The Morgan fingerprint density at radius 3 is 2.63 bits per heavy atom. The summed E-state index contributed by atoms with van der Waals surface area (Å²) in [5.74, 6) is 1.02. The second kappa shape index (κ2) is 10.7. The average molecular weight is 491 g/mol. The molecule has 2 unspecified atom stereocenters. The summed E-state index contributed by atoms with van der Waals surface area (Å²) < 4.78 is 23.2. The van der Waals surface area contributed by atoms with Crippen molar-refractivity contribution in [1.29, 1.82) is 0 Å². The van der Waals surface area contributed by atoms with E-state index >= 15 is 0 Å². The summed E-state index contributed by atoms with van der Waals surface area (Å²) in [7, 11) is -1.41. The van der Waals surface area contributed by atoms with Crippen molar-refractivity contribution in [3.63, 3.8) is 0 Å². The lowest BCUT2D eigenvalue weighted by Crippen LogP contribution is -2.36. The second-order valence-electron chi connectivity index (χ2n) is 8.98. The van der Waals surface area contributed by atoms with Gasteiger partial charge in [-0.05, 0) is 55.5 Å². The highest BCUT2D eigenvalue weighted by Crippen LogP contribution is 2.37. The minimum atomic E-state index is -1.41. The fourth-order valence-corrected chi connectivity index (χ4v) is 5.19. The largest absolute Gasteiger partial charge is 0.378 e. The molecule has 4 aromatic rings. The van der Waals surface area contributed by atoms with Gasteiger partial charge < -0.3 is 14.2 Å². The molecule has 0 aliphatic carbocycles. The number of anilines is 1. The molecule has 2 aromatic carbocycles. The fraction of sp³-hybridized carbons (Fsp3) is 0.333. The van der Waals surface area contributed by atoms with Crippen LogP contribution in [0.1, 0.15) is 30.5 Å². The van der Waals surface area contributed by atoms with E-state index in [0.29, 0.717) is 26.1 Å². The first kappa shape index (κ1) is 23.7. The van der Waals surface area contributed by atoms with Gasteiger partial charge in [-0.15, -0.1) is 0 Å². The maximum Gasteiger partial charge on any atom is 0.167 e. The summed E-state index contributed by atoms with van der Waals surface area (Å²) in [4.78, 5) is 7.24. The number of nitrogens with zero attached hydrogens (tertiary/aromatic N) is 3. The summed E-state index contributed by atoms with van der Waals surface area (Å²) in [5.41, 5.74) is 4.71. The van der Waals surface area contributed by atoms with Crippen LogP contribution in [0.25, 0.3) is 22.2 Å². The molecule has 0 saturated carbocycles. The number of ether oxygens (including phenoxy) is 1. The Bertz CT molecular complexity index is 1320. The summed E-state index contributed by atoms with van der Waals surface area (Å²) in [6.45, 7) is 5.05. The maximum atomic E-state index is 12.1. The van der Waals surface area contributed by atoms with Crippen molar-refractivity contribution in [3.05, 3.63) is 78.0 Å². The topological polar surface area (TPSA) is 94.5 Å². The molecule has 1 fully saturated rings. The van der Waals surface area contributed by atoms with E-state index < -0.39 is 11.0 Å². The highest BCUT2D eigenvalue weighted by atomic mass is 32.2. The molecule has 3 heterocycles. The monoisotopic (exact) mass is 490 g/mol. The third-order valence-corrected chi connectivity index (χ3v) is 7.61.